The van der Waals surface area contributed by atoms with Crippen molar-refractivity contribution in [3.05, 3.63) is 53.3 Å². The van der Waals surface area contributed by atoms with E-state index in [4.69, 9.17) is 0 Å². The maximum Gasteiger partial charge on any atom is 0.220 e. The van der Waals surface area contributed by atoms with E-state index >= 15 is 0 Å². The van der Waals surface area contributed by atoms with E-state index in [0.29, 0.717) is 19.4 Å². The highest BCUT2D eigenvalue weighted by Crippen LogP contribution is 2.18. The molecule has 2 rings (SSSR count). The summed E-state index contributed by atoms with van der Waals surface area (Å²) in [5.74, 6) is 0.0701. The minimum atomic E-state index is 0.0701. The van der Waals surface area contributed by atoms with Gasteiger partial charge in [-0.3, -0.25) is 9.89 Å². The van der Waals surface area contributed by atoms with Crippen LogP contribution in [0.4, 0.5) is 0 Å². The van der Waals surface area contributed by atoms with Gasteiger partial charge in [-0.2, -0.15) is 5.10 Å². The topological polar surface area (TPSA) is 61.0 Å². The Kier molecular flexibility index (Phi) is 5.72. The largest absolute Gasteiger partial charge is 0.354 e. The van der Waals surface area contributed by atoms with Crippen LogP contribution in [0.1, 0.15) is 29.2 Å². The molecular weight excluding hydrogens is 276 g/mol. The normalized spacial score (nSPS) is 12.4. The van der Waals surface area contributed by atoms with Gasteiger partial charge in [-0.25, -0.2) is 0 Å². The van der Waals surface area contributed by atoms with Crippen LogP contribution in [-0.2, 0) is 11.2 Å². The van der Waals surface area contributed by atoms with Gasteiger partial charge in [0.1, 0.15) is 0 Å². The molecular formula is C17H24N4O. The summed E-state index contributed by atoms with van der Waals surface area (Å²) in [6.45, 7) is 2.69. The molecule has 1 heterocycles. The molecule has 0 aliphatic heterocycles. The number of H-pyrrole nitrogens is 1. The number of rotatable bonds is 7. The molecule has 22 heavy (non-hydrogen) atoms. The van der Waals surface area contributed by atoms with Crippen molar-refractivity contribution in [1.29, 1.82) is 0 Å². The highest BCUT2D eigenvalue weighted by molar-refractivity contribution is 5.76. The molecule has 2 aromatic rings. The zero-order valence-electron chi connectivity index (χ0n) is 13.5. The van der Waals surface area contributed by atoms with Crippen LogP contribution in [-0.4, -0.2) is 41.6 Å². The number of carbonyl (C=O) groups is 1. The summed E-state index contributed by atoms with van der Waals surface area (Å²) in [4.78, 5) is 14.1. The Balaban J connectivity index is 1.87. The molecule has 118 valence electrons. The first-order valence-corrected chi connectivity index (χ1v) is 7.53. The maximum absolute atomic E-state index is 12.0. The number of nitrogens with zero attached hydrogens (tertiary/aromatic N) is 2. The average molecular weight is 300 g/mol. The Morgan fingerprint density at radius 2 is 2.23 bits per heavy atom. The van der Waals surface area contributed by atoms with Crippen molar-refractivity contribution in [2.45, 2.75) is 25.8 Å². The van der Waals surface area contributed by atoms with E-state index in [-0.39, 0.29) is 11.9 Å². The van der Waals surface area contributed by atoms with Crippen LogP contribution in [0.3, 0.4) is 0 Å². The number of hydrogen-bond donors (Lipinski definition) is 2. The van der Waals surface area contributed by atoms with E-state index in [0.717, 1.165) is 5.56 Å². The third kappa shape index (κ3) is 4.70. The van der Waals surface area contributed by atoms with Gasteiger partial charge < -0.3 is 10.2 Å². The summed E-state index contributed by atoms with van der Waals surface area (Å²) in [7, 11) is 4.06. The third-order valence-corrected chi connectivity index (χ3v) is 3.74. The number of hydrogen-bond acceptors (Lipinski definition) is 3. The summed E-state index contributed by atoms with van der Waals surface area (Å²) < 4.78 is 0. The first kappa shape index (κ1) is 16.2. The van der Waals surface area contributed by atoms with E-state index in [9.17, 15) is 4.79 Å². The summed E-state index contributed by atoms with van der Waals surface area (Å²) in [6, 6.07) is 8.59. The molecule has 0 spiro atoms. The predicted molar refractivity (Wildman–Crippen MR) is 87.5 cm³/mol. The molecule has 5 nitrogen and oxygen atoms in total. The second-order valence-electron chi connectivity index (χ2n) is 5.80. The van der Waals surface area contributed by atoms with E-state index in [1.165, 1.54) is 11.1 Å². The number of aryl methyl sites for hydroxylation is 2. The fourth-order valence-electron chi connectivity index (χ4n) is 2.45. The van der Waals surface area contributed by atoms with Gasteiger partial charge in [0.05, 0.1) is 12.2 Å². The van der Waals surface area contributed by atoms with Crippen LogP contribution in [0.25, 0.3) is 0 Å². The smallest absolute Gasteiger partial charge is 0.220 e. The quantitative estimate of drug-likeness (QED) is 0.823. The fourth-order valence-corrected chi connectivity index (χ4v) is 2.45. The Labute approximate surface area is 131 Å². The van der Waals surface area contributed by atoms with Crippen LogP contribution in [0.15, 0.2) is 36.7 Å². The van der Waals surface area contributed by atoms with E-state index in [1.54, 1.807) is 6.20 Å². The van der Waals surface area contributed by atoms with Gasteiger partial charge in [-0.15, -0.1) is 0 Å². The lowest BCUT2D eigenvalue weighted by Gasteiger charge is -2.25. The number of aromatic nitrogens is 2. The van der Waals surface area contributed by atoms with Gasteiger partial charge in [-0.1, -0.05) is 29.8 Å². The molecule has 2 N–H and O–H groups in total. The van der Waals surface area contributed by atoms with Crippen molar-refractivity contribution >= 4 is 5.91 Å². The van der Waals surface area contributed by atoms with Gasteiger partial charge in [0, 0.05) is 19.2 Å². The Morgan fingerprint density at radius 3 is 2.86 bits per heavy atom. The van der Waals surface area contributed by atoms with Crippen molar-refractivity contribution in [2.24, 2.45) is 0 Å². The van der Waals surface area contributed by atoms with Gasteiger partial charge in [0.25, 0.3) is 0 Å². The molecule has 0 aliphatic rings. The van der Waals surface area contributed by atoms with Crippen LogP contribution in [0.2, 0.25) is 0 Å². The van der Waals surface area contributed by atoms with Crippen LogP contribution in [0, 0.1) is 6.92 Å². The second kappa shape index (κ2) is 7.75. The molecule has 0 radical (unpaired) electrons. The number of benzene rings is 1. The summed E-state index contributed by atoms with van der Waals surface area (Å²) in [5.41, 5.74) is 3.51. The molecule has 1 atom stereocenters. The molecule has 0 aliphatic carbocycles. The Morgan fingerprint density at radius 1 is 1.41 bits per heavy atom. The molecule has 0 unspecified atom stereocenters. The summed E-state index contributed by atoms with van der Waals surface area (Å²) in [5, 5.41) is 9.67. The fraction of sp³-hybridized carbons (Fsp3) is 0.412. The van der Waals surface area contributed by atoms with Gasteiger partial charge in [-0.05, 0) is 38.6 Å². The first-order chi connectivity index (χ1) is 10.6. The van der Waals surface area contributed by atoms with Gasteiger partial charge in [0.2, 0.25) is 5.91 Å². The standard InChI is InChI=1S/C17H24N4O/c1-13-5-4-6-15(9-13)16(21(2)3)12-18-17(22)8-7-14-10-19-20-11-14/h4-6,9-11,16H,7-8,12H2,1-3H3,(H,18,22)(H,19,20)/t16-/m0/s1. The lowest BCUT2D eigenvalue weighted by Crippen LogP contribution is -2.34. The zero-order chi connectivity index (χ0) is 15.9. The summed E-state index contributed by atoms with van der Waals surface area (Å²) in [6.07, 6.45) is 4.76. The monoisotopic (exact) mass is 300 g/mol. The van der Waals surface area contributed by atoms with Crippen molar-refractivity contribution in [1.82, 2.24) is 20.4 Å². The van der Waals surface area contributed by atoms with Gasteiger partial charge in [0.15, 0.2) is 0 Å². The Bertz CT molecular complexity index is 592. The maximum atomic E-state index is 12.0. The summed E-state index contributed by atoms with van der Waals surface area (Å²) >= 11 is 0. The molecule has 0 bridgehead atoms. The van der Waals surface area contributed by atoms with Crippen molar-refractivity contribution in [2.75, 3.05) is 20.6 Å². The average Bonchev–Trinajstić information content (AvgIpc) is 2.98. The highest BCUT2D eigenvalue weighted by atomic mass is 16.1. The molecule has 1 amide bonds. The third-order valence-electron chi connectivity index (χ3n) is 3.74. The lowest BCUT2D eigenvalue weighted by atomic mass is 10.0. The number of nitrogens with one attached hydrogen (secondary N) is 2. The van der Waals surface area contributed by atoms with Crippen LogP contribution < -0.4 is 5.32 Å². The van der Waals surface area contributed by atoms with Crippen molar-refractivity contribution < 1.29 is 4.79 Å². The van der Waals surface area contributed by atoms with Gasteiger partial charge >= 0.3 is 0 Å². The molecule has 0 saturated heterocycles. The number of aromatic amines is 1. The van der Waals surface area contributed by atoms with Crippen LogP contribution in [0.5, 0.6) is 0 Å². The predicted octanol–water partition coefficient (Wildman–Crippen LogP) is 2.07. The van der Waals surface area contributed by atoms with E-state index < -0.39 is 0 Å². The molecule has 0 fully saturated rings. The molecule has 5 heteroatoms. The zero-order valence-corrected chi connectivity index (χ0v) is 13.5. The minimum Gasteiger partial charge on any atom is -0.354 e. The number of likely N-dealkylation sites (N-methyl/N-ethyl adjacent to an activating group) is 1. The molecule has 1 aromatic carbocycles. The number of carbonyl (C=O) groups excluding carboxylic acids is 1. The molecule has 1 aromatic heterocycles. The van der Waals surface area contributed by atoms with E-state index in [2.05, 4.69) is 51.6 Å². The first-order valence-electron chi connectivity index (χ1n) is 7.53. The SMILES string of the molecule is Cc1cccc([C@H](CNC(=O)CCc2cn[nH]c2)N(C)C)c1. The second-order valence-corrected chi connectivity index (χ2v) is 5.80. The lowest BCUT2D eigenvalue weighted by molar-refractivity contribution is -0.121. The van der Waals surface area contributed by atoms with Crippen molar-refractivity contribution in [3.8, 4) is 0 Å². The minimum absolute atomic E-state index is 0.0701. The van der Waals surface area contributed by atoms with E-state index in [1.807, 2.05) is 20.3 Å². The highest BCUT2D eigenvalue weighted by Gasteiger charge is 2.15. The molecule has 0 saturated carbocycles. The van der Waals surface area contributed by atoms with Crippen LogP contribution >= 0.6 is 0 Å². The Hall–Kier alpha value is -2.14. The number of amides is 1. The van der Waals surface area contributed by atoms with Crippen molar-refractivity contribution in [3.63, 3.8) is 0 Å².